The van der Waals surface area contributed by atoms with Gasteiger partial charge in [-0.05, 0) is 30.9 Å². The van der Waals surface area contributed by atoms with E-state index in [-0.39, 0.29) is 17.5 Å². The van der Waals surface area contributed by atoms with Crippen LogP contribution in [0.4, 0.5) is 0 Å². The van der Waals surface area contributed by atoms with Crippen LogP contribution in [0.15, 0.2) is 28.7 Å². The van der Waals surface area contributed by atoms with Crippen molar-refractivity contribution in [3.05, 3.63) is 34.3 Å². The second kappa shape index (κ2) is 7.26. The van der Waals surface area contributed by atoms with Crippen LogP contribution in [0.25, 0.3) is 0 Å². The predicted molar refractivity (Wildman–Crippen MR) is 79.4 cm³/mol. The highest BCUT2D eigenvalue weighted by Crippen LogP contribution is 2.17. The molecule has 0 fully saturated rings. The number of halogens is 1. The topological polar surface area (TPSA) is 60.2 Å². The predicted octanol–water partition coefficient (Wildman–Crippen LogP) is 2.53. The van der Waals surface area contributed by atoms with Crippen LogP contribution in [0.2, 0.25) is 0 Å². The molecule has 1 atom stereocenters. The Bertz CT molecular complexity index is 474. The fourth-order valence-corrected chi connectivity index (χ4v) is 3.73. The van der Waals surface area contributed by atoms with E-state index < -0.39 is 9.84 Å². The van der Waals surface area contributed by atoms with Crippen molar-refractivity contribution in [2.45, 2.75) is 32.2 Å². The molecule has 0 saturated carbocycles. The largest absolute Gasteiger partial charge is 0.327 e. The lowest BCUT2D eigenvalue weighted by Crippen LogP contribution is -2.27. The van der Waals surface area contributed by atoms with Crippen LogP contribution >= 0.6 is 15.9 Å². The number of nitrogens with two attached hydrogens (primary N) is 1. The van der Waals surface area contributed by atoms with Gasteiger partial charge in [-0.1, -0.05) is 41.1 Å². The number of hydrogen-bond acceptors (Lipinski definition) is 3. The minimum atomic E-state index is -2.92. The summed E-state index contributed by atoms with van der Waals surface area (Å²) < 4.78 is 24.2. The molecule has 0 radical (unpaired) electrons. The Morgan fingerprint density at radius 1 is 1.28 bits per heavy atom. The first-order valence-electron chi connectivity index (χ1n) is 6.14. The van der Waals surface area contributed by atoms with Crippen molar-refractivity contribution in [1.82, 2.24) is 0 Å². The van der Waals surface area contributed by atoms with Gasteiger partial charge in [-0.2, -0.15) is 0 Å². The molecule has 0 spiro atoms. The third kappa shape index (κ3) is 5.50. The van der Waals surface area contributed by atoms with Crippen molar-refractivity contribution in [2.24, 2.45) is 5.73 Å². The molecule has 3 nitrogen and oxygen atoms in total. The zero-order valence-electron chi connectivity index (χ0n) is 10.6. The molecule has 5 heteroatoms. The molecule has 1 aromatic rings. The summed E-state index contributed by atoms with van der Waals surface area (Å²) in [6, 6.07) is 7.77. The number of sulfone groups is 1. The van der Waals surface area contributed by atoms with E-state index in [1.165, 1.54) is 0 Å². The number of benzene rings is 1. The summed E-state index contributed by atoms with van der Waals surface area (Å²) in [4.78, 5) is 0. The van der Waals surface area contributed by atoms with Crippen molar-refractivity contribution in [3.8, 4) is 0 Å². The number of hydrogen-bond donors (Lipinski definition) is 1. The Morgan fingerprint density at radius 3 is 2.56 bits per heavy atom. The third-order valence-electron chi connectivity index (χ3n) is 2.75. The highest BCUT2D eigenvalue weighted by atomic mass is 79.9. The molecule has 0 bridgehead atoms. The summed E-state index contributed by atoms with van der Waals surface area (Å²) in [7, 11) is -2.92. The molecular formula is C13H20BrNO2S. The van der Waals surface area contributed by atoms with E-state index in [9.17, 15) is 8.42 Å². The Morgan fingerprint density at radius 2 is 1.94 bits per heavy atom. The van der Waals surface area contributed by atoms with Crippen LogP contribution < -0.4 is 5.73 Å². The second-order valence-electron chi connectivity index (χ2n) is 4.50. The molecule has 0 aliphatic heterocycles. The van der Waals surface area contributed by atoms with Crippen molar-refractivity contribution < 1.29 is 8.42 Å². The lowest BCUT2D eigenvalue weighted by molar-refractivity contribution is 0.579. The molecule has 0 heterocycles. The monoisotopic (exact) mass is 333 g/mol. The average molecular weight is 334 g/mol. The summed E-state index contributed by atoms with van der Waals surface area (Å²) in [6.07, 6.45) is 1.88. The number of rotatable bonds is 7. The summed E-state index contributed by atoms with van der Waals surface area (Å²) in [5, 5.41) is 0. The molecular weight excluding hydrogens is 314 g/mol. The fourth-order valence-electron chi connectivity index (χ4n) is 1.79. The highest BCUT2D eigenvalue weighted by Gasteiger charge is 2.13. The Kier molecular flexibility index (Phi) is 6.32. The van der Waals surface area contributed by atoms with Crippen LogP contribution in [0.5, 0.6) is 0 Å². The van der Waals surface area contributed by atoms with E-state index in [2.05, 4.69) is 15.9 Å². The van der Waals surface area contributed by atoms with Crippen LogP contribution in [0, 0.1) is 0 Å². The van der Waals surface area contributed by atoms with Gasteiger partial charge in [-0.3, -0.25) is 0 Å². The zero-order chi connectivity index (χ0) is 13.6. The molecule has 0 amide bonds. The van der Waals surface area contributed by atoms with Gasteiger partial charge in [0.05, 0.1) is 5.75 Å². The van der Waals surface area contributed by atoms with Crippen molar-refractivity contribution in [1.29, 1.82) is 0 Å². The highest BCUT2D eigenvalue weighted by molar-refractivity contribution is 9.10. The van der Waals surface area contributed by atoms with Crippen LogP contribution in [0.1, 0.15) is 25.3 Å². The third-order valence-corrected chi connectivity index (χ3v) is 5.42. The van der Waals surface area contributed by atoms with Crippen LogP contribution in [-0.2, 0) is 16.3 Å². The van der Waals surface area contributed by atoms with E-state index in [4.69, 9.17) is 5.73 Å². The maximum Gasteiger partial charge on any atom is 0.150 e. The first-order valence-corrected chi connectivity index (χ1v) is 8.75. The van der Waals surface area contributed by atoms with Crippen LogP contribution in [-0.4, -0.2) is 26.0 Å². The minimum Gasteiger partial charge on any atom is -0.327 e. The van der Waals surface area contributed by atoms with Gasteiger partial charge in [0.15, 0.2) is 0 Å². The van der Waals surface area contributed by atoms with Gasteiger partial charge in [0.1, 0.15) is 9.84 Å². The van der Waals surface area contributed by atoms with Crippen molar-refractivity contribution in [2.75, 3.05) is 11.5 Å². The molecule has 2 N–H and O–H groups in total. The maximum absolute atomic E-state index is 11.6. The van der Waals surface area contributed by atoms with E-state index in [1.807, 2.05) is 31.2 Å². The quantitative estimate of drug-likeness (QED) is 0.834. The first-order chi connectivity index (χ1) is 8.44. The fraction of sp³-hybridized carbons (Fsp3) is 0.538. The van der Waals surface area contributed by atoms with Gasteiger partial charge in [0, 0.05) is 16.3 Å². The Labute approximate surface area is 118 Å². The molecule has 1 rings (SSSR count). The van der Waals surface area contributed by atoms with E-state index >= 15 is 0 Å². The smallest absolute Gasteiger partial charge is 0.150 e. The molecule has 18 heavy (non-hydrogen) atoms. The minimum absolute atomic E-state index is 0.115. The first kappa shape index (κ1) is 15.7. The molecule has 0 aliphatic carbocycles. The normalized spacial score (nSPS) is 13.5. The van der Waals surface area contributed by atoms with Crippen molar-refractivity contribution in [3.63, 3.8) is 0 Å². The molecule has 1 aromatic carbocycles. The summed E-state index contributed by atoms with van der Waals surface area (Å²) in [5.41, 5.74) is 7.12. The van der Waals surface area contributed by atoms with E-state index in [0.717, 1.165) is 10.0 Å². The SMILES string of the molecule is CCCS(=O)(=O)CCC(N)Cc1ccccc1Br. The van der Waals surface area contributed by atoms with E-state index in [0.29, 0.717) is 19.3 Å². The molecule has 0 saturated heterocycles. The summed E-state index contributed by atoms with van der Waals surface area (Å²) >= 11 is 3.47. The Hall–Kier alpha value is -0.390. The van der Waals surface area contributed by atoms with Gasteiger partial charge < -0.3 is 5.73 Å². The molecule has 0 aromatic heterocycles. The summed E-state index contributed by atoms with van der Waals surface area (Å²) in [6.45, 7) is 1.87. The van der Waals surface area contributed by atoms with Gasteiger partial charge in [-0.25, -0.2) is 8.42 Å². The molecule has 102 valence electrons. The van der Waals surface area contributed by atoms with E-state index in [1.54, 1.807) is 0 Å². The maximum atomic E-state index is 11.6. The zero-order valence-corrected chi connectivity index (χ0v) is 13.0. The van der Waals surface area contributed by atoms with Crippen molar-refractivity contribution >= 4 is 25.8 Å². The second-order valence-corrected chi connectivity index (χ2v) is 7.65. The molecule has 0 aliphatic rings. The van der Waals surface area contributed by atoms with Gasteiger partial charge in [0.25, 0.3) is 0 Å². The Balaban J connectivity index is 2.48. The summed E-state index contributed by atoms with van der Waals surface area (Å²) in [5.74, 6) is 0.446. The lowest BCUT2D eigenvalue weighted by Gasteiger charge is -2.12. The van der Waals surface area contributed by atoms with Gasteiger partial charge in [0.2, 0.25) is 0 Å². The molecule has 1 unspecified atom stereocenters. The van der Waals surface area contributed by atoms with Crippen LogP contribution in [0.3, 0.4) is 0 Å². The van der Waals surface area contributed by atoms with Gasteiger partial charge >= 0.3 is 0 Å². The lowest BCUT2D eigenvalue weighted by atomic mass is 10.1. The standard InChI is InChI=1S/C13H20BrNO2S/c1-2-8-18(16,17)9-7-12(15)10-11-5-3-4-6-13(11)14/h3-6,12H,2,7-10,15H2,1H3. The average Bonchev–Trinajstić information content (AvgIpc) is 2.30. The van der Waals surface area contributed by atoms with Gasteiger partial charge in [-0.15, -0.1) is 0 Å².